The second-order valence-electron chi connectivity index (χ2n) is 5.48. The third kappa shape index (κ3) is 3.32. The lowest BCUT2D eigenvalue weighted by atomic mass is 9.90. The standard InChI is InChI=1S/C15H21FN2O/c1-11-5-6-12(9-13(11)16)10-17-14(19)15(2)7-3-4-8-18-15/h5-6,9,18H,3-4,7-8,10H2,1-2H3,(H,17,19). The summed E-state index contributed by atoms with van der Waals surface area (Å²) in [5.74, 6) is -0.234. The molecule has 0 spiro atoms. The van der Waals surface area contributed by atoms with Crippen LogP contribution in [0.25, 0.3) is 0 Å². The monoisotopic (exact) mass is 264 g/mol. The van der Waals surface area contributed by atoms with Gasteiger partial charge in [-0.15, -0.1) is 0 Å². The molecule has 1 fully saturated rings. The predicted molar refractivity (Wildman–Crippen MR) is 73.2 cm³/mol. The van der Waals surface area contributed by atoms with Crippen molar-refractivity contribution in [2.24, 2.45) is 0 Å². The van der Waals surface area contributed by atoms with Gasteiger partial charge >= 0.3 is 0 Å². The van der Waals surface area contributed by atoms with E-state index in [0.29, 0.717) is 12.1 Å². The van der Waals surface area contributed by atoms with Gasteiger partial charge in [0.05, 0.1) is 5.54 Å². The summed E-state index contributed by atoms with van der Waals surface area (Å²) in [4.78, 5) is 12.2. The molecule has 1 atom stereocenters. The lowest BCUT2D eigenvalue weighted by Gasteiger charge is -2.33. The summed E-state index contributed by atoms with van der Waals surface area (Å²) in [6.45, 7) is 4.90. The molecule has 1 aromatic rings. The minimum absolute atomic E-state index is 0.00631. The van der Waals surface area contributed by atoms with Crippen molar-refractivity contribution >= 4 is 5.91 Å². The molecule has 0 radical (unpaired) electrons. The Labute approximate surface area is 113 Å². The van der Waals surface area contributed by atoms with Crippen LogP contribution in [0.4, 0.5) is 4.39 Å². The average molecular weight is 264 g/mol. The smallest absolute Gasteiger partial charge is 0.240 e. The molecule has 2 rings (SSSR count). The highest BCUT2D eigenvalue weighted by atomic mass is 19.1. The fourth-order valence-electron chi connectivity index (χ4n) is 2.37. The Morgan fingerprint density at radius 2 is 2.26 bits per heavy atom. The SMILES string of the molecule is Cc1ccc(CNC(=O)C2(C)CCCCN2)cc1F. The van der Waals surface area contributed by atoms with Crippen LogP contribution in [0.5, 0.6) is 0 Å². The van der Waals surface area contributed by atoms with Crippen LogP contribution >= 0.6 is 0 Å². The Hall–Kier alpha value is -1.42. The van der Waals surface area contributed by atoms with Gasteiger partial charge in [0.1, 0.15) is 5.82 Å². The van der Waals surface area contributed by atoms with Crippen LogP contribution < -0.4 is 10.6 Å². The number of carbonyl (C=O) groups is 1. The highest BCUT2D eigenvalue weighted by Crippen LogP contribution is 2.19. The normalized spacial score (nSPS) is 23.1. The van der Waals surface area contributed by atoms with E-state index in [4.69, 9.17) is 0 Å². The fraction of sp³-hybridized carbons (Fsp3) is 0.533. The molecule has 3 nitrogen and oxygen atoms in total. The van der Waals surface area contributed by atoms with E-state index in [1.807, 2.05) is 13.0 Å². The number of aryl methyl sites for hydroxylation is 1. The van der Waals surface area contributed by atoms with Gasteiger partial charge in [0.25, 0.3) is 0 Å². The van der Waals surface area contributed by atoms with Gasteiger partial charge in [-0.25, -0.2) is 4.39 Å². The molecule has 104 valence electrons. The molecule has 1 aromatic carbocycles. The molecule has 4 heteroatoms. The van der Waals surface area contributed by atoms with Gasteiger partial charge in [-0.3, -0.25) is 4.79 Å². The van der Waals surface area contributed by atoms with Crippen LogP contribution in [0.15, 0.2) is 18.2 Å². The Balaban J connectivity index is 1.94. The molecule has 0 aliphatic carbocycles. The van der Waals surface area contributed by atoms with Gasteiger partial charge in [-0.05, 0) is 56.8 Å². The molecular formula is C15H21FN2O. The highest BCUT2D eigenvalue weighted by molar-refractivity contribution is 5.85. The summed E-state index contributed by atoms with van der Waals surface area (Å²) >= 11 is 0. The first-order valence-electron chi connectivity index (χ1n) is 6.80. The van der Waals surface area contributed by atoms with E-state index in [9.17, 15) is 9.18 Å². The summed E-state index contributed by atoms with van der Waals surface area (Å²) in [6.07, 6.45) is 3.03. The van der Waals surface area contributed by atoms with Crippen LogP contribution in [0, 0.1) is 12.7 Å². The predicted octanol–water partition coefficient (Wildman–Crippen LogP) is 2.28. The van der Waals surface area contributed by atoms with Gasteiger partial charge < -0.3 is 10.6 Å². The van der Waals surface area contributed by atoms with Crippen molar-refractivity contribution < 1.29 is 9.18 Å². The lowest BCUT2D eigenvalue weighted by molar-refractivity contribution is -0.128. The first-order valence-corrected chi connectivity index (χ1v) is 6.80. The summed E-state index contributed by atoms with van der Waals surface area (Å²) in [5, 5.41) is 6.15. The maximum absolute atomic E-state index is 13.4. The summed E-state index contributed by atoms with van der Waals surface area (Å²) in [5.41, 5.74) is 0.924. The summed E-state index contributed by atoms with van der Waals surface area (Å²) in [7, 11) is 0. The third-order valence-corrected chi connectivity index (χ3v) is 3.81. The molecule has 0 bridgehead atoms. The molecule has 19 heavy (non-hydrogen) atoms. The molecule has 2 N–H and O–H groups in total. The molecule has 1 heterocycles. The number of piperidine rings is 1. The van der Waals surface area contributed by atoms with E-state index < -0.39 is 5.54 Å². The van der Waals surface area contributed by atoms with Crippen molar-refractivity contribution in [2.75, 3.05) is 6.54 Å². The number of halogens is 1. The van der Waals surface area contributed by atoms with Crippen molar-refractivity contribution in [3.8, 4) is 0 Å². The van der Waals surface area contributed by atoms with Crippen LogP contribution in [-0.2, 0) is 11.3 Å². The van der Waals surface area contributed by atoms with E-state index in [2.05, 4.69) is 10.6 Å². The Morgan fingerprint density at radius 3 is 2.89 bits per heavy atom. The van der Waals surface area contributed by atoms with Crippen LogP contribution in [0.3, 0.4) is 0 Å². The average Bonchev–Trinajstić information content (AvgIpc) is 2.40. The molecule has 0 saturated carbocycles. The molecular weight excluding hydrogens is 243 g/mol. The first-order chi connectivity index (χ1) is 9.01. The first kappa shape index (κ1) is 14.0. The van der Waals surface area contributed by atoms with Gasteiger partial charge in [0.2, 0.25) is 5.91 Å². The summed E-state index contributed by atoms with van der Waals surface area (Å²) in [6, 6.07) is 5.05. The van der Waals surface area contributed by atoms with Crippen molar-refractivity contribution in [2.45, 2.75) is 45.2 Å². The zero-order valence-electron chi connectivity index (χ0n) is 11.6. The van der Waals surface area contributed by atoms with Crippen LogP contribution in [0.1, 0.15) is 37.3 Å². The van der Waals surface area contributed by atoms with Gasteiger partial charge in [0.15, 0.2) is 0 Å². The minimum atomic E-state index is -0.485. The summed E-state index contributed by atoms with van der Waals surface area (Å²) < 4.78 is 13.4. The van der Waals surface area contributed by atoms with Crippen molar-refractivity contribution in [1.82, 2.24) is 10.6 Å². The maximum Gasteiger partial charge on any atom is 0.240 e. The Kier molecular flexibility index (Phi) is 4.20. The van der Waals surface area contributed by atoms with Crippen LogP contribution in [-0.4, -0.2) is 18.0 Å². The largest absolute Gasteiger partial charge is 0.350 e. The van der Waals surface area contributed by atoms with Gasteiger partial charge in [-0.1, -0.05) is 12.1 Å². The van der Waals surface area contributed by atoms with Crippen molar-refractivity contribution in [3.63, 3.8) is 0 Å². The number of nitrogens with one attached hydrogen (secondary N) is 2. The number of benzene rings is 1. The van der Waals surface area contributed by atoms with E-state index in [1.54, 1.807) is 13.0 Å². The quantitative estimate of drug-likeness (QED) is 0.879. The molecule has 1 aliphatic rings. The minimum Gasteiger partial charge on any atom is -0.350 e. The number of carbonyl (C=O) groups excluding carboxylic acids is 1. The number of hydrogen-bond acceptors (Lipinski definition) is 2. The van der Waals surface area contributed by atoms with Crippen LogP contribution in [0.2, 0.25) is 0 Å². The number of amides is 1. The van der Waals surface area contributed by atoms with E-state index in [1.165, 1.54) is 6.07 Å². The number of rotatable bonds is 3. The molecule has 1 amide bonds. The second-order valence-corrected chi connectivity index (χ2v) is 5.48. The highest BCUT2D eigenvalue weighted by Gasteiger charge is 2.33. The van der Waals surface area contributed by atoms with E-state index in [-0.39, 0.29) is 11.7 Å². The van der Waals surface area contributed by atoms with Gasteiger partial charge in [-0.2, -0.15) is 0 Å². The maximum atomic E-state index is 13.4. The molecule has 0 aromatic heterocycles. The lowest BCUT2D eigenvalue weighted by Crippen LogP contribution is -2.56. The van der Waals surface area contributed by atoms with Crippen molar-refractivity contribution in [3.05, 3.63) is 35.1 Å². The van der Waals surface area contributed by atoms with Crippen molar-refractivity contribution in [1.29, 1.82) is 0 Å². The third-order valence-electron chi connectivity index (χ3n) is 3.81. The zero-order valence-corrected chi connectivity index (χ0v) is 11.6. The Bertz CT molecular complexity index is 467. The van der Waals surface area contributed by atoms with Gasteiger partial charge in [0, 0.05) is 6.54 Å². The molecule has 1 saturated heterocycles. The number of hydrogen-bond donors (Lipinski definition) is 2. The fourth-order valence-corrected chi connectivity index (χ4v) is 2.37. The topological polar surface area (TPSA) is 41.1 Å². The second kappa shape index (κ2) is 5.70. The zero-order chi connectivity index (χ0) is 13.9. The molecule has 1 unspecified atom stereocenters. The van der Waals surface area contributed by atoms with E-state index >= 15 is 0 Å². The Morgan fingerprint density at radius 1 is 1.47 bits per heavy atom. The van der Waals surface area contributed by atoms with E-state index in [0.717, 1.165) is 31.4 Å². The molecule has 1 aliphatic heterocycles.